The molecule has 2 rings (SSSR count). The highest BCUT2D eigenvalue weighted by atomic mass is 79.9. The molecular weight excluding hydrogens is 403 g/mol. The van der Waals surface area contributed by atoms with Gasteiger partial charge in [-0.3, -0.25) is 0 Å². The van der Waals surface area contributed by atoms with Crippen LogP contribution in [0.2, 0.25) is 0 Å². The summed E-state index contributed by atoms with van der Waals surface area (Å²) in [6.45, 7) is 15.1. The predicted molar refractivity (Wildman–Crippen MR) is 108 cm³/mol. The van der Waals surface area contributed by atoms with Crippen molar-refractivity contribution >= 4 is 38.2 Å². The minimum absolute atomic E-state index is 0.0922. The molecule has 1 unspecified atom stereocenters. The van der Waals surface area contributed by atoms with Crippen LogP contribution in [0.5, 0.6) is 0 Å². The number of aromatic nitrogens is 1. The van der Waals surface area contributed by atoms with Crippen LogP contribution >= 0.6 is 15.9 Å². The third-order valence-corrected chi connectivity index (χ3v) is 6.19. The summed E-state index contributed by atoms with van der Waals surface area (Å²) < 4.78 is 32.0. The third-order valence-electron chi connectivity index (χ3n) is 3.91. The smallest absolute Gasteiger partial charge is 0.138 e. The second kappa shape index (κ2) is 7.22. The van der Waals surface area contributed by atoms with Gasteiger partial charge in [-0.15, -0.1) is 4.72 Å². The Labute approximate surface area is 161 Å². The maximum absolute atomic E-state index is 14.2. The molecule has 0 aliphatic rings. The van der Waals surface area contributed by atoms with Crippen LogP contribution in [0, 0.1) is 11.2 Å². The van der Waals surface area contributed by atoms with E-state index in [9.17, 15) is 8.94 Å². The zero-order valence-corrected chi connectivity index (χ0v) is 18.4. The summed E-state index contributed by atoms with van der Waals surface area (Å²) in [6, 6.07) is 3.24. The van der Waals surface area contributed by atoms with Crippen LogP contribution in [0.25, 0.3) is 10.9 Å². The number of benzene rings is 1. The van der Waals surface area contributed by atoms with Crippen LogP contribution in [0.15, 0.2) is 22.8 Å². The number of halogens is 2. The topological polar surface area (TPSA) is 40.0 Å². The lowest BCUT2D eigenvalue weighted by Crippen LogP contribution is -2.40. The van der Waals surface area contributed by atoms with Crippen LogP contribution in [0.4, 0.5) is 4.39 Å². The van der Waals surface area contributed by atoms with Crippen LogP contribution < -0.4 is 4.72 Å². The van der Waals surface area contributed by atoms with Crippen molar-refractivity contribution in [1.29, 1.82) is 0 Å². The van der Waals surface area contributed by atoms with E-state index in [1.165, 1.54) is 0 Å². The molecule has 0 fully saturated rings. The van der Waals surface area contributed by atoms with Gasteiger partial charge >= 0.3 is 0 Å². The SMILES string of the molecule is C[C@@H](N[S+]([O-])C(C)(C)C)c1cn(CC(C)(C)C)c2cc(Br)c(F)cc12. The van der Waals surface area contributed by atoms with Crippen molar-refractivity contribution in [3.63, 3.8) is 0 Å². The van der Waals surface area contributed by atoms with Crippen molar-refractivity contribution in [3.05, 3.63) is 34.2 Å². The molecule has 0 bridgehead atoms. The molecule has 2 atom stereocenters. The van der Waals surface area contributed by atoms with Crippen molar-refractivity contribution in [2.45, 2.75) is 65.8 Å². The summed E-state index contributed by atoms with van der Waals surface area (Å²) in [6.07, 6.45) is 2.05. The van der Waals surface area contributed by atoms with Gasteiger partial charge in [0, 0.05) is 35.0 Å². The number of hydrogen-bond donors (Lipinski definition) is 1. The average Bonchev–Trinajstić information content (AvgIpc) is 2.74. The van der Waals surface area contributed by atoms with E-state index in [4.69, 9.17) is 0 Å². The normalized spacial score (nSPS) is 15.6. The fourth-order valence-electron chi connectivity index (χ4n) is 2.70. The van der Waals surface area contributed by atoms with Gasteiger partial charge in [0.25, 0.3) is 0 Å². The highest BCUT2D eigenvalue weighted by Gasteiger charge is 2.29. The molecule has 3 nitrogen and oxygen atoms in total. The molecule has 25 heavy (non-hydrogen) atoms. The first-order valence-electron chi connectivity index (χ1n) is 8.45. The Hall–Kier alpha value is -0.560. The number of nitrogens with zero attached hydrogens (tertiary/aromatic N) is 1. The molecule has 1 aromatic carbocycles. The van der Waals surface area contributed by atoms with E-state index in [1.54, 1.807) is 6.07 Å². The van der Waals surface area contributed by atoms with E-state index < -0.39 is 11.4 Å². The minimum atomic E-state index is -1.19. The second-order valence-electron chi connectivity index (χ2n) is 8.78. The first-order valence-corrected chi connectivity index (χ1v) is 10.4. The van der Waals surface area contributed by atoms with Crippen LogP contribution in [-0.2, 0) is 17.9 Å². The molecule has 2 aromatic rings. The first-order chi connectivity index (χ1) is 11.3. The number of fused-ring (bicyclic) bond motifs is 1. The predicted octanol–water partition coefficient (Wildman–Crippen LogP) is 5.70. The Morgan fingerprint density at radius 1 is 1.24 bits per heavy atom. The van der Waals surface area contributed by atoms with E-state index in [0.717, 1.165) is 23.0 Å². The Morgan fingerprint density at radius 2 is 1.84 bits per heavy atom. The van der Waals surface area contributed by atoms with Gasteiger partial charge in [-0.05, 0) is 66.7 Å². The summed E-state index contributed by atoms with van der Waals surface area (Å²) in [4.78, 5) is 0. The maximum Gasteiger partial charge on any atom is 0.138 e. The lowest BCUT2D eigenvalue weighted by molar-refractivity contribution is 0.349. The van der Waals surface area contributed by atoms with Gasteiger partial charge in [0.05, 0.1) is 10.5 Å². The molecule has 0 aliphatic carbocycles. The maximum atomic E-state index is 14.2. The Bertz CT molecular complexity index is 761. The number of hydrogen-bond acceptors (Lipinski definition) is 2. The molecule has 1 aromatic heterocycles. The standard InChI is InChI=1S/C19H28BrFN2OS/c1-12(22-25(24)19(5,6)7)14-10-23(11-18(2,3)4)17-9-15(20)16(21)8-13(14)17/h8-10,12,22H,11H2,1-7H3/t12-,25?/m1/s1. The fourth-order valence-corrected chi connectivity index (χ4v) is 3.83. The molecule has 1 N–H and O–H groups in total. The van der Waals surface area contributed by atoms with Gasteiger partial charge in [0.2, 0.25) is 0 Å². The number of rotatable bonds is 4. The molecule has 0 spiro atoms. The molecular formula is C19H28BrFN2OS. The summed E-state index contributed by atoms with van der Waals surface area (Å²) >= 11 is 2.10. The van der Waals surface area contributed by atoms with Gasteiger partial charge in [-0.2, -0.15) is 0 Å². The molecule has 0 amide bonds. The van der Waals surface area contributed by atoms with E-state index in [-0.39, 0.29) is 22.0 Å². The van der Waals surface area contributed by atoms with Gasteiger partial charge < -0.3 is 9.12 Å². The summed E-state index contributed by atoms with van der Waals surface area (Å²) in [7, 11) is 0. The molecule has 6 heteroatoms. The third kappa shape index (κ3) is 5.00. The monoisotopic (exact) mass is 430 g/mol. The van der Waals surface area contributed by atoms with Crippen LogP contribution in [-0.4, -0.2) is 13.9 Å². The van der Waals surface area contributed by atoms with Gasteiger partial charge in [0.15, 0.2) is 0 Å². The lowest BCUT2D eigenvalue weighted by Gasteiger charge is -2.26. The van der Waals surface area contributed by atoms with E-state index >= 15 is 0 Å². The van der Waals surface area contributed by atoms with Crippen molar-refractivity contribution in [1.82, 2.24) is 9.29 Å². The highest BCUT2D eigenvalue weighted by Crippen LogP contribution is 2.33. The Kier molecular flexibility index (Phi) is 5.99. The van der Waals surface area contributed by atoms with Gasteiger partial charge in [-0.1, -0.05) is 20.8 Å². The fraction of sp³-hybridized carbons (Fsp3) is 0.579. The Balaban J connectivity index is 2.50. The van der Waals surface area contributed by atoms with Crippen molar-refractivity contribution in [2.24, 2.45) is 5.41 Å². The van der Waals surface area contributed by atoms with Crippen LogP contribution in [0.3, 0.4) is 0 Å². The molecule has 140 valence electrons. The van der Waals surface area contributed by atoms with Crippen molar-refractivity contribution in [3.8, 4) is 0 Å². The zero-order chi connectivity index (χ0) is 19.2. The van der Waals surface area contributed by atoms with Gasteiger partial charge in [-0.25, -0.2) is 4.39 Å². The summed E-state index contributed by atoms with van der Waals surface area (Å²) in [5.74, 6) is -0.286. The molecule has 0 aliphatic heterocycles. The molecule has 1 heterocycles. The van der Waals surface area contributed by atoms with E-state index in [2.05, 4.69) is 52.2 Å². The van der Waals surface area contributed by atoms with Crippen molar-refractivity contribution in [2.75, 3.05) is 0 Å². The summed E-state index contributed by atoms with van der Waals surface area (Å²) in [5.41, 5.74) is 2.03. The van der Waals surface area contributed by atoms with E-state index in [0.29, 0.717) is 4.47 Å². The first kappa shape index (κ1) is 20.7. The highest BCUT2D eigenvalue weighted by molar-refractivity contribution is 9.10. The minimum Gasteiger partial charge on any atom is -0.598 e. The Morgan fingerprint density at radius 3 is 2.36 bits per heavy atom. The largest absolute Gasteiger partial charge is 0.598 e. The number of nitrogens with one attached hydrogen (secondary N) is 1. The zero-order valence-electron chi connectivity index (χ0n) is 16.0. The van der Waals surface area contributed by atoms with E-state index in [1.807, 2.05) is 33.8 Å². The quantitative estimate of drug-likeness (QED) is 0.631. The van der Waals surface area contributed by atoms with Crippen molar-refractivity contribution < 1.29 is 8.94 Å². The second-order valence-corrected chi connectivity index (χ2v) is 11.6. The average molecular weight is 431 g/mol. The molecule has 0 saturated heterocycles. The lowest BCUT2D eigenvalue weighted by atomic mass is 9.97. The van der Waals surface area contributed by atoms with Crippen LogP contribution in [0.1, 0.15) is 60.1 Å². The molecule has 0 radical (unpaired) electrons. The molecule has 0 saturated carbocycles. The van der Waals surface area contributed by atoms with Gasteiger partial charge in [0.1, 0.15) is 10.6 Å². The summed E-state index contributed by atoms with van der Waals surface area (Å²) in [5, 5.41) is 0.857.